The Balaban J connectivity index is 2.49. The molecule has 0 aromatic carbocycles. The van der Waals surface area contributed by atoms with Gasteiger partial charge < -0.3 is 10.6 Å². The second-order valence-electron chi connectivity index (χ2n) is 6.52. The molecule has 112 valence electrons. The molecule has 1 fully saturated rings. The standard InChI is InChI=1S/C15H31N3O/c1-4-8-17(13-15(2,3)12-16)11-14(19)18-9-6-5-7-10-18/h4-13,16H2,1-3H3. The van der Waals surface area contributed by atoms with E-state index in [1.54, 1.807) is 0 Å². The molecule has 1 amide bonds. The minimum atomic E-state index is 0.0807. The first kappa shape index (κ1) is 16.4. The molecule has 0 aromatic heterocycles. The van der Waals surface area contributed by atoms with Crippen molar-refractivity contribution in [2.24, 2.45) is 11.1 Å². The van der Waals surface area contributed by atoms with Crippen LogP contribution in [0.5, 0.6) is 0 Å². The lowest BCUT2D eigenvalue weighted by Crippen LogP contribution is -2.46. The third kappa shape index (κ3) is 5.91. The second kappa shape index (κ2) is 7.85. The predicted octanol–water partition coefficient (Wildman–Crippen LogP) is 1.70. The molecule has 0 bridgehead atoms. The van der Waals surface area contributed by atoms with Gasteiger partial charge in [-0.15, -0.1) is 0 Å². The summed E-state index contributed by atoms with van der Waals surface area (Å²) < 4.78 is 0. The Bertz CT molecular complexity index is 273. The first-order chi connectivity index (χ1) is 8.98. The Labute approximate surface area is 118 Å². The van der Waals surface area contributed by atoms with Crippen LogP contribution >= 0.6 is 0 Å². The summed E-state index contributed by atoms with van der Waals surface area (Å²) in [6, 6.07) is 0. The Morgan fingerprint density at radius 2 is 1.89 bits per heavy atom. The van der Waals surface area contributed by atoms with Crippen LogP contribution in [0.3, 0.4) is 0 Å². The van der Waals surface area contributed by atoms with E-state index in [1.165, 1.54) is 6.42 Å². The van der Waals surface area contributed by atoms with E-state index in [1.807, 2.05) is 4.90 Å². The summed E-state index contributed by atoms with van der Waals surface area (Å²) in [5.41, 5.74) is 5.88. The fourth-order valence-electron chi connectivity index (χ4n) is 2.63. The van der Waals surface area contributed by atoms with E-state index in [9.17, 15) is 4.79 Å². The van der Waals surface area contributed by atoms with Gasteiger partial charge in [0, 0.05) is 19.6 Å². The summed E-state index contributed by atoms with van der Waals surface area (Å²) in [7, 11) is 0. The number of amides is 1. The summed E-state index contributed by atoms with van der Waals surface area (Å²) in [6.45, 7) is 11.5. The maximum absolute atomic E-state index is 12.3. The Hall–Kier alpha value is -0.610. The van der Waals surface area contributed by atoms with Crippen molar-refractivity contribution < 1.29 is 4.79 Å². The minimum absolute atomic E-state index is 0.0807. The molecule has 4 heteroatoms. The van der Waals surface area contributed by atoms with E-state index in [0.29, 0.717) is 19.0 Å². The molecule has 1 rings (SSSR count). The fourth-order valence-corrected chi connectivity index (χ4v) is 2.63. The lowest BCUT2D eigenvalue weighted by molar-refractivity contribution is -0.133. The van der Waals surface area contributed by atoms with E-state index in [0.717, 1.165) is 45.4 Å². The van der Waals surface area contributed by atoms with Gasteiger partial charge in [-0.25, -0.2) is 0 Å². The normalized spacial score (nSPS) is 17.0. The number of hydrogen-bond acceptors (Lipinski definition) is 3. The third-order valence-corrected chi connectivity index (χ3v) is 3.81. The van der Waals surface area contributed by atoms with E-state index in [2.05, 4.69) is 25.7 Å². The van der Waals surface area contributed by atoms with Gasteiger partial charge in [-0.3, -0.25) is 9.69 Å². The third-order valence-electron chi connectivity index (χ3n) is 3.81. The minimum Gasteiger partial charge on any atom is -0.342 e. The molecule has 0 atom stereocenters. The monoisotopic (exact) mass is 269 g/mol. The van der Waals surface area contributed by atoms with Crippen LogP contribution in [-0.4, -0.2) is 55.0 Å². The Kier molecular flexibility index (Phi) is 6.80. The number of likely N-dealkylation sites (tertiary alicyclic amines) is 1. The van der Waals surface area contributed by atoms with Crippen LogP contribution in [0.15, 0.2) is 0 Å². The molecule has 19 heavy (non-hydrogen) atoms. The summed E-state index contributed by atoms with van der Waals surface area (Å²) in [4.78, 5) is 16.6. The van der Waals surface area contributed by atoms with Crippen LogP contribution in [0.25, 0.3) is 0 Å². The zero-order valence-corrected chi connectivity index (χ0v) is 13.0. The average Bonchev–Trinajstić information content (AvgIpc) is 2.39. The van der Waals surface area contributed by atoms with Crippen LogP contribution in [0.1, 0.15) is 46.5 Å². The van der Waals surface area contributed by atoms with Crippen molar-refractivity contribution >= 4 is 5.91 Å². The van der Waals surface area contributed by atoms with Crippen molar-refractivity contribution in [2.75, 3.05) is 39.3 Å². The van der Waals surface area contributed by atoms with Crippen molar-refractivity contribution in [3.8, 4) is 0 Å². The van der Waals surface area contributed by atoms with E-state index >= 15 is 0 Å². The van der Waals surface area contributed by atoms with Crippen molar-refractivity contribution in [2.45, 2.75) is 46.5 Å². The predicted molar refractivity (Wildman–Crippen MR) is 80.0 cm³/mol. The van der Waals surface area contributed by atoms with Gasteiger partial charge in [0.05, 0.1) is 6.54 Å². The number of nitrogens with two attached hydrogens (primary N) is 1. The van der Waals surface area contributed by atoms with Gasteiger partial charge in [0.1, 0.15) is 0 Å². The van der Waals surface area contributed by atoms with Crippen molar-refractivity contribution in [3.05, 3.63) is 0 Å². The Morgan fingerprint density at radius 1 is 1.26 bits per heavy atom. The highest BCUT2D eigenvalue weighted by molar-refractivity contribution is 5.78. The van der Waals surface area contributed by atoms with Crippen molar-refractivity contribution in [3.63, 3.8) is 0 Å². The van der Waals surface area contributed by atoms with E-state index in [4.69, 9.17) is 5.73 Å². The van der Waals surface area contributed by atoms with Crippen LogP contribution in [0.2, 0.25) is 0 Å². The zero-order chi connectivity index (χ0) is 14.3. The molecule has 0 aromatic rings. The quantitative estimate of drug-likeness (QED) is 0.765. The molecule has 4 nitrogen and oxygen atoms in total. The van der Waals surface area contributed by atoms with Crippen LogP contribution in [0, 0.1) is 5.41 Å². The van der Waals surface area contributed by atoms with Crippen LogP contribution in [0.4, 0.5) is 0 Å². The number of carbonyl (C=O) groups excluding carboxylic acids is 1. The number of piperidine rings is 1. The fraction of sp³-hybridized carbons (Fsp3) is 0.933. The van der Waals surface area contributed by atoms with Gasteiger partial charge in [0.15, 0.2) is 0 Å². The summed E-state index contributed by atoms with van der Waals surface area (Å²) in [5.74, 6) is 0.293. The van der Waals surface area contributed by atoms with Crippen LogP contribution < -0.4 is 5.73 Å². The highest BCUT2D eigenvalue weighted by Gasteiger charge is 2.24. The number of carbonyl (C=O) groups is 1. The molecule has 0 unspecified atom stereocenters. The molecular formula is C15H31N3O. The summed E-state index contributed by atoms with van der Waals surface area (Å²) in [6.07, 6.45) is 4.66. The molecule has 1 heterocycles. The van der Waals surface area contributed by atoms with Gasteiger partial charge in [0.25, 0.3) is 0 Å². The SMILES string of the molecule is CCCN(CC(=O)N1CCCCC1)CC(C)(C)CN. The molecular weight excluding hydrogens is 238 g/mol. The molecule has 2 N–H and O–H groups in total. The molecule has 0 aliphatic carbocycles. The highest BCUT2D eigenvalue weighted by atomic mass is 16.2. The number of rotatable bonds is 7. The van der Waals surface area contributed by atoms with E-state index in [-0.39, 0.29) is 5.41 Å². The largest absolute Gasteiger partial charge is 0.342 e. The number of nitrogens with zero attached hydrogens (tertiary/aromatic N) is 2. The molecule has 1 aliphatic heterocycles. The molecule has 1 aliphatic rings. The second-order valence-corrected chi connectivity index (χ2v) is 6.52. The van der Waals surface area contributed by atoms with E-state index < -0.39 is 0 Å². The average molecular weight is 269 g/mol. The van der Waals surface area contributed by atoms with Gasteiger partial charge in [0.2, 0.25) is 5.91 Å². The maximum Gasteiger partial charge on any atom is 0.236 e. The lowest BCUT2D eigenvalue weighted by atomic mass is 9.93. The Morgan fingerprint density at radius 3 is 2.42 bits per heavy atom. The van der Waals surface area contributed by atoms with Crippen LogP contribution in [-0.2, 0) is 4.79 Å². The molecule has 0 radical (unpaired) electrons. The molecule has 0 saturated carbocycles. The summed E-state index contributed by atoms with van der Waals surface area (Å²) >= 11 is 0. The van der Waals surface area contributed by atoms with Crippen molar-refractivity contribution in [1.82, 2.24) is 9.80 Å². The van der Waals surface area contributed by atoms with Crippen molar-refractivity contribution in [1.29, 1.82) is 0 Å². The number of hydrogen-bond donors (Lipinski definition) is 1. The van der Waals surface area contributed by atoms with Gasteiger partial charge >= 0.3 is 0 Å². The highest BCUT2D eigenvalue weighted by Crippen LogP contribution is 2.16. The lowest BCUT2D eigenvalue weighted by Gasteiger charge is -2.34. The topological polar surface area (TPSA) is 49.6 Å². The van der Waals surface area contributed by atoms with Gasteiger partial charge in [-0.05, 0) is 44.2 Å². The smallest absolute Gasteiger partial charge is 0.236 e. The van der Waals surface area contributed by atoms with Gasteiger partial charge in [-0.2, -0.15) is 0 Å². The summed E-state index contributed by atoms with van der Waals surface area (Å²) in [5, 5.41) is 0. The maximum atomic E-state index is 12.3. The molecule has 1 saturated heterocycles. The zero-order valence-electron chi connectivity index (χ0n) is 13.0. The molecule has 0 spiro atoms. The van der Waals surface area contributed by atoms with Gasteiger partial charge in [-0.1, -0.05) is 20.8 Å². The first-order valence-corrected chi connectivity index (χ1v) is 7.68. The first-order valence-electron chi connectivity index (χ1n) is 7.68.